The van der Waals surface area contributed by atoms with Crippen LogP contribution < -0.4 is 30.2 Å². The van der Waals surface area contributed by atoms with Crippen molar-refractivity contribution in [3.63, 3.8) is 0 Å². The van der Waals surface area contributed by atoms with Gasteiger partial charge in [0.1, 0.15) is 0 Å². The molecule has 6 nitrogen and oxygen atoms in total. The highest BCUT2D eigenvalue weighted by Gasteiger charge is 2.19. The summed E-state index contributed by atoms with van der Waals surface area (Å²) in [6.45, 7) is 0. The summed E-state index contributed by atoms with van der Waals surface area (Å²) < 4.78 is 0. The minimum absolute atomic E-state index is 0.0391. The fraction of sp³-hybridized carbons (Fsp3) is 0.227. The monoisotopic (exact) mass is 662 g/mol. The highest BCUT2D eigenvalue weighted by molar-refractivity contribution is 6.01. The summed E-state index contributed by atoms with van der Waals surface area (Å²) in [7, 11) is 16.6. The minimum atomic E-state index is -0.0391. The summed E-state index contributed by atoms with van der Waals surface area (Å²) in [5.74, 6) is 0. The molecule has 6 aromatic rings. The van der Waals surface area contributed by atoms with Crippen molar-refractivity contribution in [2.75, 3.05) is 86.6 Å². The van der Waals surface area contributed by atoms with Gasteiger partial charge in [0.05, 0.1) is 12.1 Å². The van der Waals surface area contributed by atoms with Gasteiger partial charge in [-0.15, -0.1) is 0 Å². The molecule has 0 aromatic heterocycles. The third-order valence-electron chi connectivity index (χ3n) is 9.49. The van der Waals surface area contributed by atoms with Crippen LogP contribution in [0.1, 0.15) is 34.3 Å². The van der Waals surface area contributed by atoms with Crippen molar-refractivity contribution < 1.29 is 0 Å². The second-order valence-corrected chi connectivity index (χ2v) is 13.8. The highest BCUT2D eigenvalue weighted by Crippen LogP contribution is 2.37. The lowest BCUT2D eigenvalue weighted by atomic mass is 9.96. The van der Waals surface area contributed by atoms with Gasteiger partial charge in [-0.2, -0.15) is 0 Å². The van der Waals surface area contributed by atoms with E-state index >= 15 is 0 Å². The van der Waals surface area contributed by atoms with Crippen LogP contribution in [0.25, 0.3) is 10.8 Å². The Morgan fingerprint density at radius 2 is 0.560 bits per heavy atom. The van der Waals surface area contributed by atoms with E-state index in [4.69, 9.17) is 0 Å². The Bertz CT molecular complexity index is 1740. The van der Waals surface area contributed by atoms with Gasteiger partial charge in [0.15, 0.2) is 0 Å². The summed E-state index contributed by atoms with van der Waals surface area (Å²) in [5, 5.41) is 10.3. The first-order chi connectivity index (χ1) is 24.1. The lowest BCUT2D eigenvalue weighted by molar-refractivity contribution is 0.937. The van der Waals surface area contributed by atoms with Crippen molar-refractivity contribution in [2.24, 2.45) is 0 Å². The molecule has 6 rings (SSSR count). The fourth-order valence-corrected chi connectivity index (χ4v) is 6.45. The van der Waals surface area contributed by atoms with Crippen LogP contribution in [0.2, 0.25) is 0 Å². The lowest BCUT2D eigenvalue weighted by Crippen LogP contribution is -2.15. The van der Waals surface area contributed by atoms with Crippen LogP contribution >= 0.6 is 0 Å². The minimum Gasteiger partial charge on any atom is -0.378 e. The van der Waals surface area contributed by atoms with Crippen LogP contribution in [0, 0.1) is 0 Å². The summed E-state index contributed by atoms with van der Waals surface area (Å²) in [5.41, 5.74) is 11.7. The Morgan fingerprint density at radius 3 is 0.780 bits per heavy atom. The van der Waals surface area contributed by atoms with Crippen LogP contribution in [0.15, 0.2) is 133 Å². The quantitative estimate of drug-likeness (QED) is 0.136. The Morgan fingerprint density at radius 1 is 0.320 bits per heavy atom. The smallest absolute Gasteiger partial charge is 0.0767 e. The molecule has 50 heavy (non-hydrogen) atoms. The SMILES string of the molecule is CN(C)c1ccc(C(Nc2cccc3c(NC(c4ccc(N(C)C)cc4)c4ccc(N(C)C)cc4)cccc23)c2ccc(N(C)C)cc2)cc1. The van der Waals surface area contributed by atoms with E-state index in [0.29, 0.717) is 0 Å². The zero-order chi connectivity index (χ0) is 35.4. The topological polar surface area (TPSA) is 37.0 Å². The molecule has 0 spiro atoms. The molecule has 0 bridgehead atoms. The molecule has 0 aliphatic carbocycles. The summed E-state index contributed by atoms with van der Waals surface area (Å²) in [4.78, 5) is 8.55. The van der Waals surface area contributed by atoms with Gasteiger partial charge in [0, 0.05) is 101 Å². The van der Waals surface area contributed by atoms with Gasteiger partial charge in [-0.05, 0) is 82.9 Å². The molecule has 0 radical (unpaired) electrons. The number of benzene rings is 6. The predicted octanol–water partition coefficient (Wildman–Crippen LogP) is 9.51. The fourth-order valence-electron chi connectivity index (χ4n) is 6.45. The molecule has 0 heterocycles. The Balaban J connectivity index is 1.39. The largest absolute Gasteiger partial charge is 0.378 e. The van der Waals surface area contributed by atoms with Gasteiger partial charge < -0.3 is 30.2 Å². The Hall–Kier alpha value is -5.62. The average Bonchev–Trinajstić information content (AvgIpc) is 3.13. The lowest BCUT2D eigenvalue weighted by Gasteiger charge is -2.26. The maximum absolute atomic E-state index is 3.97. The van der Waals surface area contributed by atoms with E-state index in [-0.39, 0.29) is 12.1 Å². The third kappa shape index (κ3) is 7.50. The molecule has 6 aromatic carbocycles. The van der Waals surface area contributed by atoms with Crippen molar-refractivity contribution in [1.29, 1.82) is 0 Å². The van der Waals surface area contributed by atoms with E-state index in [0.717, 1.165) is 11.4 Å². The van der Waals surface area contributed by atoms with E-state index in [1.54, 1.807) is 0 Å². The van der Waals surface area contributed by atoms with Gasteiger partial charge in [-0.1, -0.05) is 72.8 Å². The summed E-state index contributed by atoms with van der Waals surface area (Å²) in [6.07, 6.45) is 0. The molecular formula is C44H50N6. The highest BCUT2D eigenvalue weighted by atomic mass is 15.1. The Kier molecular flexibility index (Phi) is 10.2. The first-order valence-corrected chi connectivity index (χ1v) is 17.2. The molecule has 0 amide bonds. The number of rotatable bonds is 12. The van der Waals surface area contributed by atoms with Gasteiger partial charge in [0.2, 0.25) is 0 Å². The maximum atomic E-state index is 3.97. The summed E-state index contributed by atoms with van der Waals surface area (Å²) in [6, 6.07) is 48.5. The van der Waals surface area contributed by atoms with E-state index in [1.165, 1.54) is 55.8 Å². The molecule has 0 aliphatic heterocycles. The third-order valence-corrected chi connectivity index (χ3v) is 9.49. The standard InChI is InChI=1S/C44H50N6/c1-47(2)35-23-15-31(16-24-35)43(32-17-25-36(26-18-32)48(3)4)45-41-13-9-12-40-39(41)11-10-14-42(40)46-44(33-19-27-37(28-20-33)49(5)6)34-21-29-38(30-22-34)50(7)8/h9-30,43-46H,1-8H3. The second-order valence-electron chi connectivity index (χ2n) is 13.8. The van der Waals surface area contributed by atoms with Gasteiger partial charge in [0.25, 0.3) is 0 Å². The van der Waals surface area contributed by atoms with Crippen LogP contribution in [0.5, 0.6) is 0 Å². The van der Waals surface area contributed by atoms with E-state index in [1.807, 2.05) is 0 Å². The first-order valence-electron chi connectivity index (χ1n) is 17.2. The molecule has 0 saturated carbocycles. The van der Waals surface area contributed by atoms with Crippen LogP contribution in [-0.2, 0) is 0 Å². The van der Waals surface area contributed by atoms with Crippen molar-refractivity contribution in [1.82, 2.24) is 0 Å². The molecule has 0 fully saturated rings. The molecule has 0 unspecified atom stereocenters. The molecular weight excluding hydrogens is 613 g/mol. The van der Waals surface area contributed by atoms with E-state index in [2.05, 4.69) is 220 Å². The van der Waals surface area contributed by atoms with Gasteiger partial charge >= 0.3 is 0 Å². The molecule has 256 valence electrons. The van der Waals surface area contributed by atoms with Gasteiger partial charge in [-0.25, -0.2) is 0 Å². The number of fused-ring (bicyclic) bond motifs is 1. The van der Waals surface area contributed by atoms with E-state index in [9.17, 15) is 0 Å². The summed E-state index contributed by atoms with van der Waals surface area (Å²) >= 11 is 0. The molecule has 6 heteroatoms. The van der Waals surface area contributed by atoms with Crippen LogP contribution in [0.4, 0.5) is 34.1 Å². The zero-order valence-electron chi connectivity index (χ0n) is 30.6. The molecule has 2 N–H and O–H groups in total. The Labute approximate surface area is 298 Å². The number of nitrogens with one attached hydrogen (secondary N) is 2. The van der Waals surface area contributed by atoms with Gasteiger partial charge in [-0.3, -0.25) is 0 Å². The number of nitrogens with zero attached hydrogens (tertiary/aromatic N) is 4. The van der Waals surface area contributed by atoms with E-state index < -0.39 is 0 Å². The zero-order valence-corrected chi connectivity index (χ0v) is 30.6. The maximum Gasteiger partial charge on any atom is 0.0767 e. The van der Waals surface area contributed by atoms with Crippen molar-refractivity contribution in [3.05, 3.63) is 156 Å². The first kappa shape index (κ1) is 34.3. The van der Waals surface area contributed by atoms with Crippen molar-refractivity contribution >= 4 is 44.9 Å². The normalized spacial score (nSPS) is 11.2. The predicted molar refractivity (Wildman–Crippen MR) is 218 cm³/mol. The number of hydrogen-bond acceptors (Lipinski definition) is 6. The number of hydrogen-bond donors (Lipinski definition) is 2. The molecule has 0 atom stereocenters. The second kappa shape index (κ2) is 14.9. The number of anilines is 6. The molecule has 0 saturated heterocycles. The van der Waals surface area contributed by atoms with Crippen LogP contribution in [0.3, 0.4) is 0 Å². The molecule has 0 aliphatic rings. The van der Waals surface area contributed by atoms with Crippen molar-refractivity contribution in [2.45, 2.75) is 12.1 Å². The van der Waals surface area contributed by atoms with Crippen molar-refractivity contribution in [3.8, 4) is 0 Å². The van der Waals surface area contributed by atoms with Crippen LogP contribution in [-0.4, -0.2) is 56.4 Å². The average molecular weight is 663 g/mol.